The Kier molecular flexibility index (Phi) is 12.7. The zero-order valence-electron chi connectivity index (χ0n) is 25.0. The van der Waals surface area contributed by atoms with Crippen LogP contribution in [0.1, 0.15) is 36.8 Å². The molecule has 2 unspecified atom stereocenters. The number of fused-ring (bicyclic) bond motifs is 1. The number of ether oxygens (including phenoxy) is 1. The summed E-state index contributed by atoms with van der Waals surface area (Å²) in [6.07, 6.45) is 0.188. The Hall–Kier alpha value is -5.60. The quantitative estimate of drug-likeness (QED) is 0.0546. The average Bonchev–Trinajstić information content (AvgIpc) is 2.99. The fourth-order valence-corrected chi connectivity index (χ4v) is 4.36. The number of aliphatic imine (C=N–C) groups is 2. The molecule has 0 aliphatic heterocycles. The van der Waals surface area contributed by atoms with E-state index in [1.165, 1.54) is 12.1 Å². The monoisotopic (exact) mass is 621 g/mol. The van der Waals surface area contributed by atoms with Gasteiger partial charge in [-0.3, -0.25) is 19.6 Å². The van der Waals surface area contributed by atoms with Crippen LogP contribution in [0.15, 0.2) is 73.8 Å². The van der Waals surface area contributed by atoms with Gasteiger partial charge in [0.25, 0.3) is 0 Å². The normalized spacial score (nSPS) is 11.9. The number of hydrogen-bond donors (Lipinski definition) is 7. The van der Waals surface area contributed by atoms with E-state index in [0.717, 1.165) is 11.1 Å². The third-order valence-electron chi connectivity index (χ3n) is 6.56. The molecule has 3 amide bonds. The van der Waals surface area contributed by atoms with Crippen molar-refractivity contribution in [1.82, 2.24) is 10.6 Å². The maximum Gasteiger partial charge on any atom is 0.408 e. The molecule has 11 N–H and O–H groups in total. The van der Waals surface area contributed by atoms with E-state index >= 15 is 0 Å². The lowest BCUT2D eigenvalue weighted by atomic mass is 10.1. The molecule has 0 spiro atoms. The second-order valence-corrected chi connectivity index (χ2v) is 10.2. The largest absolute Gasteiger partial charge is 0.445 e. The van der Waals surface area contributed by atoms with E-state index in [4.69, 9.17) is 32.1 Å². The molecule has 1 heterocycles. The van der Waals surface area contributed by atoms with Crippen molar-refractivity contribution in [3.63, 3.8) is 0 Å². The number of benzene rings is 2. The van der Waals surface area contributed by atoms with Crippen molar-refractivity contribution in [2.24, 2.45) is 32.9 Å². The zero-order chi connectivity index (χ0) is 32.8. The fourth-order valence-electron chi connectivity index (χ4n) is 4.36. The van der Waals surface area contributed by atoms with Crippen molar-refractivity contribution in [3.05, 3.63) is 76.1 Å². The molecule has 0 aliphatic rings. The zero-order valence-corrected chi connectivity index (χ0v) is 25.0. The molecular formula is C30H39N9O6. The van der Waals surface area contributed by atoms with Crippen LogP contribution in [-0.2, 0) is 20.9 Å². The van der Waals surface area contributed by atoms with Crippen molar-refractivity contribution in [3.8, 4) is 0 Å². The van der Waals surface area contributed by atoms with Crippen LogP contribution in [0.2, 0.25) is 0 Å². The van der Waals surface area contributed by atoms with Crippen LogP contribution >= 0.6 is 0 Å². The Morgan fingerprint density at radius 2 is 1.47 bits per heavy atom. The second-order valence-electron chi connectivity index (χ2n) is 10.2. The minimum Gasteiger partial charge on any atom is -0.445 e. The summed E-state index contributed by atoms with van der Waals surface area (Å²) in [4.78, 5) is 59.2. The molecule has 240 valence electrons. The molecule has 15 heteroatoms. The average molecular weight is 622 g/mol. The summed E-state index contributed by atoms with van der Waals surface area (Å²) in [5.41, 5.74) is 23.2. The number of amides is 3. The maximum atomic E-state index is 13.5. The first-order chi connectivity index (χ1) is 21.5. The minimum absolute atomic E-state index is 0.00373. The van der Waals surface area contributed by atoms with E-state index in [1.54, 1.807) is 31.2 Å². The first kappa shape index (κ1) is 33.9. The van der Waals surface area contributed by atoms with Crippen molar-refractivity contribution in [2.75, 3.05) is 18.4 Å². The third-order valence-corrected chi connectivity index (χ3v) is 6.56. The van der Waals surface area contributed by atoms with Gasteiger partial charge < -0.3 is 48.0 Å². The SMILES string of the molecule is Cc1cc(=O)oc2cc(NC(=O)C(CCCN=C(N)N)NC(=O)C(CCCN=C(N)N)NC(=O)OCc3ccccc3)ccc12. The lowest BCUT2D eigenvalue weighted by Gasteiger charge is -2.23. The van der Waals surface area contributed by atoms with Crippen molar-refractivity contribution >= 4 is 46.5 Å². The van der Waals surface area contributed by atoms with Gasteiger partial charge in [-0.2, -0.15) is 0 Å². The van der Waals surface area contributed by atoms with Crippen LogP contribution in [0.3, 0.4) is 0 Å². The van der Waals surface area contributed by atoms with Gasteiger partial charge in [0.05, 0.1) is 0 Å². The number of hydrogen-bond acceptors (Lipinski definition) is 8. The summed E-state index contributed by atoms with van der Waals surface area (Å²) in [7, 11) is 0. The topological polar surface area (TPSA) is 256 Å². The molecule has 3 rings (SSSR count). The van der Waals surface area contributed by atoms with Gasteiger partial charge in [0.2, 0.25) is 11.8 Å². The highest BCUT2D eigenvalue weighted by molar-refractivity contribution is 5.99. The number of nitrogens with one attached hydrogen (secondary N) is 3. The lowest BCUT2D eigenvalue weighted by molar-refractivity contribution is -0.128. The molecule has 3 aromatic rings. The number of aryl methyl sites for hydroxylation is 1. The number of guanidine groups is 2. The summed E-state index contributed by atoms with van der Waals surface area (Å²) in [6, 6.07) is 13.2. The molecule has 2 aromatic carbocycles. The first-order valence-corrected chi connectivity index (χ1v) is 14.3. The molecule has 2 atom stereocenters. The molecule has 45 heavy (non-hydrogen) atoms. The Balaban J connectivity index is 1.75. The summed E-state index contributed by atoms with van der Waals surface area (Å²) in [5, 5.41) is 8.75. The summed E-state index contributed by atoms with van der Waals surface area (Å²) in [6.45, 7) is 2.20. The minimum atomic E-state index is -1.08. The summed E-state index contributed by atoms with van der Waals surface area (Å²) >= 11 is 0. The van der Waals surface area contributed by atoms with Crippen LogP contribution in [-0.4, -0.2) is 55.0 Å². The molecule has 0 bridgehead atoms. The molecular weight excluding hydrogens is 582 g/mol. The van der Waals surface area contributed by atoms with E-state index in [0.29, 0.717) is 29.5 Å². The van der Waals surface area contributed by atoms with Gasteiger partial charge in [0.1, 0.15) is 24.3 Å². The highest BCUT2D eigenvalue weighted by atomic mass is 16.5. The third kappa shape index (κ3) is 11.5. The molecule has 1 aromatic heterocycles. The van der Waals surface area contributed by atoms with Crippen molar-refractivity contribution in [1.29, 1.82) is 0 Å². The van der Waals surface area contributed by atoms with Gasteiger partial charge in [-0.05, 0) is 55.9 Å². The number of nitrogens with two attached hydrogens (primary N) is 4. The Morgan fingerprint density at radius 1 is 0.844 bits per heavy atom. The molecule has 15 nitrogen and oxygen atoms in total. The standard InChI is InChI=1S/C30H39N9O6/c1-18-15-25(40)45-24-16-20(11-12-21(18)24)37-26(41)22(9-5-13-35-28(31)32)38-27(42)23(10-6-14-36-29(33)34)39-30(43)44-17-19-7-3-2-4-8-19/h2-4,7-8,11-12,15-16,22-23H,5-6,9-10,13-14,17H2,1H3,(H,37,41)(H,38,42)(H,39,43)(H4,31,32,35)(H4,33,34,36). The smallest absolute Gasteiger partial charge is 0.408 e. The summed E-state index contributed by atoms with van der Waals surface area (Å²) < 4.78 is 10.6. The van der Waals surface area contributed by atoms with Gasteiger partial charge in [0, 0.05) is 36.3 Å². The predicted octanol–water partition coefficient (Wildman–Crippen LogP) is 0.927. The number of carbonyl (C=O) groups excluding carboxylic acids is 3. The summed E-state index contributed by atoms with van der Waals surface area (Å²) in [5.74, 6) is -1.38. The van der Waals surface area contributed by atoms with Gasteiger partial charge in [-0.15, -0.1) is 0 Å². The predicted molar refractivity (Wildman–Crippen MR) is 171 cm³/mol. The molecule has 0 fully saturated rings. The molecule has 0 saturated carbocycles. The Bertz CT molecular complexity index is 1580. The van der Waals surface area contributed by atoms with Crippen LogP contribution in [0.4, 0.5) is 10.5 Å². The van der Waals surface area contributed by atoms with Gasteiger partial charge in [-0.1, -0.05) is 30.3 Å². The number of alkyl carbamates (subject to hydrolysis) is 1. The Labute approximate surface area is 259 Å². The number of rotatable bonds is 15. The van der Waals surface area contributed by atoms with E-state index < -0.39 is 35.6 Å². The van der Waals surface area contributed by atoms with Crippen LogP contribution < -0.4 is 44.5 Å². The van der Waals surface area contributed by atoms with Crippen LogP contribution in [0.25, 0.3) is 11.0 Å². The Morgan fingerprint density at radius 3 is 2.09 bits per heavy atom. The molecule has 0 aliphatic carbocycles. The molecule has 0 saturated heterocycles. The highest BCUT2D eigenvalue weighted by Crippen LogP contribution is 2.21. The van der Waals surface area contributed by atoms with E-state index in [-0.39, 0.29) is 44.5 Å². The number of carbonyl (C=O) groups is 3. The molecule has 0 radical (unpaired) electrons. The van der Waals surface area contributed by atoms with Gasteiger partial charge in [-0.25, -0.2) is 9.59 Å². The maximum absolute atomic E-state index is 13.5. The van der Waals surface area contributed by atoms with Gasteiger partial charge in [0.15, 0.2) is 11.9 Å². The second kappa shape index (κ2) is 16.9. The fraction of sp³-hybridized carbons (Fsp3) is 0.333. The van der Waals surface area contributed by atoms with Crippen LogP contribution in [0, 0.1) is 6.92 Å². The van der Waals surface area contributed by atoms with E-state index in [2.05, 4.69) is 25.9 Å². The van der Waals surface area contributed by atoms with Crippen molar-refractivity contribution < 1.29 is 23.5 Å². The van der Waals surface area contributed by atoms with Crippen molar-refractivity contribution in [2.45, 2.75) is 51.3 Å². The van der Waals surface area contributed by atoms with Crippen LogP contribution in [0.5, 0.6) is 0 Å². The van der Waals surface area contributed by atoms with Gasteiger partial charge >= 0.3 is 11.7 Å². The first-order valence-electron chi connectivity index (χ1n) is 14.3. The number of anilines is 1. The highest BCUT2D eigenvalue weighted by Gasteiger charge is 2.27. The lowest BCUT2D eigenvalue weighted by Crippen LogP contribution is -2.52. The number of nitrogens with zero attached hydrogens (tertiary/aromatic N) is 2. The van der Waals surface area contributed by atoms with E-state index in [9.17, 15) is 19.2 Å². The van der Waals surface area contributed by atoms with E-state index in [1.807, 2.05) is 18.2 Å².